The van der Waals surface area contributed by atoms with Crippen LogP contribution in [0, 0.1) is 18.3 Å². The minimum absolute atomic E-state index is 0.00108. The number of nitrogens with two attached hydrogens (primary N) is 1. The van der Waals surface area contributed by atoms with Crippen molar-refractivity contribution in [1.29, 1.82) is 0 Å². The van der Waals surface area contributed by atoms with Crippen LogP contribution in [0.15, 0.2) is 18.2 Å². The van der Waals surface area contributed by atoms with Crippen molar-refractivity contribution in [3.63, 3.8) is 0 Å². The Hall–Kier alpha value is -1.51. The lowest BCUT2D eigenvalue weighted by Gasteiger charge is -2.38. The van der Waals surface area contributed by atoms with Gasteiger partial charge in [-0.05, 0) is 49.7 Å². The van der Waals surface area contributed by atoms with E-state index in [1.165, 1.54) is 6.42 Å². The first-order valence-electron chi connectivity index (χ1n) is 7.34. The van der Waals surface area contributed by atoms with Crippen LogP contribution in [-0.2, 0) is 4.74 Å². The molecule has 20 heavy (non-hydrogen) atoms. The fourth-order valence-electron chi connectivity index (χ4n) is 3.41. The average molecular weight is 275 g/mol. The van der Waals surface area contributed by atoms with Gasteiger partial charge in [0.25, 0.3) is 0 Å². The molecule has 2 atom stereocenters. The van der Waals surface area contributed by atoms with E-state index in [9.17, 15) is 4.79 Å². The van der Waals surface area contributed by atoms with Crippen LogP contribution in [0.1, 0.15) is 56.0 Å². The molecule has 0 heterocycles. The number of ether oxygens (including phenoxy) is 1. The van der Waals surface area contributed by atoms with Crippen LogP contribution in [0.2, 0.25) is 0 Å². The lowest BCUT2D eigenvalue weighted by atomic mass is 9.71. The van der Waals surface area contributed by atoms with E-state index in [1.807, 2.05) is 13.0 Å². The summed E-state index contributed by atoms with van der Waals surface area (Å²) in [6.07, 6.45) is 3.06. The first-order valence-corrected chi connectivity index (χ1v) is 7.34. The molecular formula is C17H25NO2. The van der Waals surface area contributed by atoms with Gasteiger partial charge in [0.15, 0.2) is 0 Å². The molecule has 0 bridgehead atoms. The van der Waals surface area contributed by atoms with Gasteiger partial charge < -0.3 is 10.5 Å². The average Bonchev–Trinajstić information content (AvgIpc) is 2.29. The Balaban J connectivity index is 2.09. The van der Waals surface area contributed by atoms with Crippen LogP contribution in [0.3, 0.4) is 0 Å². The van der Waals surface area contributed by atoms with E-state index in [1.54, 1.807) is 12.1 Å². The highest BCUT2D eigenvalue weighted by molar-refractivity contribution is 5.95. The Kier molecular flexibility index (Phi) is 4.07. The molecule has 1 saturated carbocycles. The topological polar surface area (TPSA) is 52.3 Å². The molecule has 2 unspecified atom stereocenters. The SMILES string of the molecule is Cc1ccc(N)c(C(=O)OC2CC(C)CC(C)(C)C2)c1. The number of esters is 1. The molecule has 2 rings (SSSR count). The van der Waals surface area contributed by atoms with Gasteiger partial charge in [0.05, 0.1) is 5.56 Å². The number of carbonyl (C=O) groups is 1. The first kappa shape index (κ1) is 14.9. The molecule has 3 nitrogen and oxygen atoms in total. The van der Waals surface area contributed by atoms with Crippen molar-refractivity contribution in [2.75, 3.05) is 5.73 Å². The molecule has 1 aliphatic carbocycles. The summed E-state index contributed by atoms with van der Waals surface area (Å²) in [5, 5.41) is 0. The highest BCUT2D eigenvalue weighted by atomic mass is 16.5. The second-order valence-electron chi connectivity index (χ2n) is 7.03. The van der Waals surface area contributed by atoms with Crippen molar-refractivity contribution >= 4 is 11.7 Å². The normalized spacial score (nSPS) is 25.2. The zero-order valence-corrected chi connectivity index (χ0v) is 12.9. The molecule has 0 saturated heterocycles. The Labute approximate surface area is 121 Å². The van der Waals surface area contributed by atoms with Crippen LogP contribution >= 0.6 is 0 Å². The van der Waals surface area contributed by atoms with Gasteiger partial charge >= 0.3 is 5.97 Å². The molecule has 110 valence electrons. The lowest BCUT2D eigenvalue weighted by molar-refractivity contribution is -0.00705. The summed E-state index contributed by atoms with van der Waals surface area (Å²) in [5.74, 6) is 0.299. The van der Waals surface area contributed by atoms with Gasteiger partial charge in [0, 0.05) is 5.69 Å². The Morgan fingerprint density at radius 1 is 1.35 bits per heavy atom. The van der Waals surface area contributed by atoms with Gasteiger partial charge in [-0.2, -0.15) is 0 Å². The minimum atomic E-state index is -0.291. The zero-order chi connectivity index (χ0) is 14.9. The largest absolute Gasteiger partial charge is 0.459 e. The predicted octanol–water partition coefficient (Wildman–Crippen LogP) is 3.95. The fourth-order valence-corrected chi connectivity index (χ4v) is 3.41. The number of benzene rings is 1. The third-order valence-electron chi connectivity index (χ3n) is 4.05. The van der Waals surface area contributed by atoms with E-state index in [0.717, 1.165) is 18.4 Å². The second kappa shape index (κ2) is 5.47. The predicted molar refractivity (Wildman–Crippen MR) is 81.6 cm³/mol. The van der Waals surface area contributed by atoms with Crippen molar-refractivity contribution in [2.45, 2.75) is 53.1 Å². The molecule has 0 aromatic heterocycles. The van der Waals surface area contributed by atoms with E-state index < -0.39 is 0 Å². The minimum Gasteiger partial charge on any atom is -0.459 e. The number of hydrogen-bond acceptors (Lipinski definition) is 3. The summed E-state index contributed by atoms with van der Waals surface area (Å²) in [7, 11) is 0. The summed E-state index contributed by atoms with van der Waals surface area (Å²) in [4.78, 5) is 12.3. The number of aryl methyl sites for hydroxylation is 1. The van der Waals surface area contributed by atoms with Gasteiger partial charge in [0.1, 0.15) is 6.10 Å². The molecule has 1 aromatic carbocycles. The number of hydrogen-bond donors (Lipinski definition) is 1. The third kappa shape index (κ3) is 3.53. The van der Waals surface area contributed by atoms with Crippen LogP contribution < -0.4 is 5.73 Å². The summed E-state index contributed by atoms with van der Waals surface area (Å²) in [6, 6.07) is 5.46. The number of anilines is 1. The molecule has 0 aliphatic heterocycles. The third-order valence-corrected chi connectivity index (χ3v) is 4.05. The van der Waals surface area contributed by atoms with Gasteiger partial charge in [-0.3, -0.25) is 0 Å². The smallest absolute Gasteiger partial charge is 0.340 e. The van der Waals surface area contributed by atoms with Gasteiger partial charge in [-0.25, -0.2) is 4.79 Å². The molecule has 0 radical (unpaired) electrons. The van der Waals surface area contributed by atoms with E-state index in [-0.39, 0.29) is 17.5 Å². The molecule has 3 heteroatoms. The molecule has 1 aliphatic rings. The Morgan fingerprint density at radius 3 is 2.70 bits per heavy atom. The maximum Gasteiger partial charge on any atom is 0.340 e. The van der Waals surface area contributed by atoms with Crippen LogP contribution in [0.4, 0.5) is 5.69 Å². The number of nitrogen functional groups attached to an aromatic ring is 1. The second-order valence-corrected chi connectivity index (χ2v) is 7.03. The first-order chi connectivity index (χ1) is 9.27. The quantitative estimate of drug-likeness (QED) is 0.657. The summed E-state index contributed by atoms with van der Waals surface area (Å²) in [6.45, 7) is 8.65. The molecule has 1 fully saturated rings. The number of carbonyl (C=O) groups excluding carboxylic acids is 1. The molecular weight excluding hydrogens is 250 g/mol. The summed E-state index contributed by atoms with van der Waals surface area (Å²) >= 11 is 0. The molecule has 2 N–H and O–H groups in total. The van der Waals surface area contributed by atoms with Crippen molar-refractivity contribution in [3.8, 4) is 0 Å². The monoisotopic (exact) mass is 275 g/mol. The molecule has 0 spiro atoms. The van der Waals surface area contributed by atoms with E-state index >= 15 is 0 Å². The van der Waals surface area contributed by atoms with Gasteiger partial charge in [-0.15, -0.1) is 0 Å². The maximum atomic E-state index is 12.3. The molecule has 0 amide bonds. The van der Waals surface area contributed by atoms with Crippen molar-refractivity contribution in [1.82, 2.24) is 0 Å². The fraction of sp³-hybridized carbons (Fsp3) is 0.588. The maximum absolute atomic E-state index is 12.3. The van der Waals surface area contributed by atoms with Crippen LogP contribution in [0.25, 0.3) is 0 Å². The molecule has 1 aromatic rings. The zero-order valence-electron chi connectivity index (χ0n) is 12.9. The Bertz CT molecular complexity index is 508. The van der Waals surface area contributed by atoms with Crippen molar-refractivity contribution < 1.29 is 9.53 Å². The van der Waals surface area contributed by atoms with Crippen LogP contribution in [0.5, 0.6) is 0 Å². The Morgan fingerprint density at radius 2 is 2.05 bits per heavy atom. The van der Waals surface area contributed by atoms with Gasteiger partial charge in [0.2, 0.25) is 0 Å². The number of rotatable bonds is 2. The summed E-state index contributed by atoms with van der Waals surface area (Å²) in [5.41, 5.74) is 8.11. The lowest BCUT2D eigenvalue weighted by Crippen LogP contribution is -2.34. The summed E-state index contributed by atoms with van der Waals surface area (Å²) < 4.78 is 5.70. The standard InChI is InChI=1S/C17H25NO2/c1-11-5-6-15(18)14(8-11)16(19)20-13-7-12(2)9-17(3,4)10-13/h5-6,8,12-13H,7,9-10,18H2,1-4H3. The van der Waals surface area contributed by atoms with Crippen molar-refractivity contribution in [3.05, 3.63) is 29.3 Å². The van der Waals surface area contributed by atoms with Crippen LogP contribution in [-0.4, -0.2) is 12.1 Å². The van der Waals surface area contributed by atoms with E-state index in [0.29, 0.717) is 17.2 Å². The van der Waals surface area contributed by atoms with E-state index in [2.05, 4.69) is 20.8 Å². The van der Waals surface area contributed by atoms with Gasteiger partial charge in [-0.1, -0.05) is 32.4 Å². The van der Waals surface area contributed by atoms with Crippen molar-refractivity contribution in [2.24, 2.45) is 11.3 Å². The highest BCUT2D eigenvalue weighted by Crippen LogP contribution is 2.40. The highest BCUT2D eigenvalue weighted by Gasteiger charge is 2.34. The van der Waals surface area contributed by atoms with E-state index in [4.69, 9.17) is 10.5 Å².